The average molecular weight is 167 g/mol. The molecule has 0 fully saturated rings. The van der Waals surface area contributed by atoms with Crippen molar-refractivity contribution in [2.45, 2.75) is 13.3 Å². The van der Waals surface area contributed by atoms with Gasteiger partial charge in [0.05, 0.1) is 0 Å². The normalized spacial score (nSPS) is 16.5. The van der Waals surface area contributed by atoms with E-state index >= 15 is 0 Å². The third-order valence-corrected chi connectivity index (χ3v) is 1.61. The lowest BCUT2D eigenvalue weighted by molar-refractivity contribution is -0.116. The highest BCUT2D eigenvalue weighted by atomic mass is 19.1. The smallest absolute Gasteiger partial charge is 0.193 e. The molecule has 1 aliphatic heterocycles. The molecule has 1 rings (SSSR count). The highest BCUT2D eigenvalue weighted by Gasteiger charge is 2.06. The van der Waals surface area contributed by atoms with E-state index in [2.05, 4.69) is 4.99 Å². The Morgan fingerprint density at radius 1 is 1.75 bits per heavy atom. The molecule has 0 aromatic carbocycles. The maximum atomic E-state index is 11.9. The number of allylic oxidation sites excluding steroid dienone is 3. The molecule has 1 heterocycles. The van der Waals surface area contributed by atoms with Crippen molar-refractivity contribution in [1.82, 2.24) is 0 Å². The third-order valence-electron chi connectivity index (χ3n) is 1.61. The van der Waals surface area contributed by atoms with Crippen LogP contribution in [0.2, 0.25) is 0 Å². The molecule has 0 N–H and O–H groups in total. The van der Waals surface area contributed by atoms with Gasteiger partial charge in [-0.1, -0.05) is 6.08 Å². The number of Topliss-reactive ketones (excluding diaryl/α,β-unsaturated/α-hetero) is 1. The summed E-state index contributed by atoms with van der Waals surface area (Å²) in [5, 5.41) is 0. The summed E-state index contributed by atoms with van der Waals surface area (Å²) < 4.78 is 11.9. The Bertz CT molecular complexity index is 276. The van der Waals surface area contributed by atoms with Crippen molar-refractivity contribution in [3.05, 3.63) is 23.9 Å². The van der Waals surface area contributed by atoms with E-state index in [1.54, 1.807) is 12.2 Å². The van der Waals surface area contributed by atoms with Crippen molar-refractivity contribution in [2.75, 3.05) is 6.67 Å². The molecule has 0 aromatic rings. The SMILES string of the molecule is CC1=NC=CC(C(=O)CF)=CC1. The topological polar surface area (TPSA) is 29.4 Å². The predicted molar refractivity (Wildman–Crippen MR) is 45.9 cm³/mol. The molecule has 64 valence electrons. The van der Waals surface area contributed by atoms with E-state index in [-0.39, 0.29) is 0 Å². The fourth-order valence-electron chi connectivity index (χ4n) is 0.907. The molecule has 0 atom stereocenters. The van der Waals surface area contributed by atoms with Crippen LogP contribution in [-0.4, -0.2) is 18.2 Å². The van der Waals surface area contributed by atoms with Gasteiger partial charge in [0.15, 0.2) is 12.5 Å². The van der Waals surface area contributed by atoms with Gasteiger partial charge in [-0.25, -0.2) is 4.39 Å². The van der Waals surface area contributed by atoms with Crippen molar-refractivity contribution in [3.8, 4) is 0 Å². The Kier molecular flexibility index (Phi) is 2.91. The summed E-state index contributed by atoms with van der Waals surface area (Å²) in [6.45, 7) is 0.929. The lowest BCUT2D eigenvalue weighted by Crippen LogP contribution is -2.02. The molecule has 1 aliphatic rings. The number of carbonyl (C=O) groups excluding carboxylic acids is 1. The quantitative estimate of drug-likeness (QED) is 0.617. The lowest BCUT2D eigenvalue weighted by atomic mass is 10.1. The van der Waals surface area contributed by atoms with Crippen molar-refractivity contribution < 1.29 is 9.18 Å². The zero-order valence-corrected chi connectivity index (χ0v) is 6.88. The van der Waals surface area contributed by atoms with Crippen LogP contribution < -0.4 is 0 Å². The molecular formula is C9H10FNO. The number of alkyl halides is 1. The van der Waals surface area contributed by atoms with Gasteiger partial charge in [-0.3, -0.25) is 9.79 Å². The Labute approximate surface area is 70.5 Å². The van der Waals surface area contributed by atoms with E-state index in [0.29, 0.717) is 12.0 Å². The number of hydrogen-bond donors (Lipinski definition) is 0. The molecule has 2 nitrogen and oxygen atoms in total. The van der Waals surface area contributed by atoms with Gasteiger partial charge < -0.3 is 0 Å². The fraction of sp³-hybridized carbons (Fsp3) is 0.333. The zero-order valence-electron chi connectivity index (χ0n) is 6.88. The van der Waals surface area contributed by atoms with E-state index in [9.17, 15) is 9.18 Å². The zero-order chi connectivity index (χ0) is 8.97. The maximum absolute atomic E-state index is 11.9. The molecule has 0 saturated carbocycles. The number of hydrogen-bond acceptors (Lipinski definition) is 2. The molecule has 0 unspecified atom stereocenters. The van der Waals surface area contributed by atoms with Crippen molar-refractivity contribution >= 4 is 11.5 Å². The highest BCUT2D eigenvalue weighted by Crippen LogP contribution is 2.06. The second-order valence-electron chi connectivity index (χ2n) is 2.60. The van der Waals surface area contributed by atoms with Gasteiger partial charge in [0.1, 0.15) is 0 Å². The van der Waals surface area contributed by atoms with Gasteiger partial charge in [-0.15, -0.1) is 0 Å². The largest absolute Gasteiger partial charge is 0.291 e. The summed E-state index contributed by atoms with van der Waals surface area (Å²) in [5.41, 5.74) is 1.34. The van der Waals surface area contributed by atoms with E-state index in [0.717, 1.165) is 5.71 Å². The molecule has 0 bridgehead atoms. The van der Waals surface area contributed by atoms with Crippen LogP contribution in [0.1, 0.15) is 13.3 Å². The van der Waals surface area contributed by atoms with E-state index in [1.807, 2.05) is 6.92 Å². The van der Waals surface area contributed by atoms with Crippen LogP contribution in [0.5, 0.6) is 0 Å². The molecule has 0 saturated heterocycles. The minimum absolute atomic E-state index is 0.415. The van der Waals surface area contributed by atoms with Gasteiger partial charge in [-0.2, -0.15) is 0 Å². The summed E-state index contributed by atoms with van der Waals surface area (Å²) in [7, 11) is 0. The maximum Gasteiger partial charge on any atom is 0.193 e. The molecular weight excluding hydrogens is 157 g/mol. The Morgan fingerprint density at radius 2 is 2.50 bits per heavy atom. The average Bonchev–Trinajstić information content (AvgIpc) is 2.29. The second kappa shape index (κ2) is 3.95. The predicted octanol–water partition coefficient (Wildman–Crippen LogP) is 1.83. The molecule has 0 aromatic heterocycles. The number of nitrogens with zero attached hydrogens (tertiary/aromatic N) is 1. The van der Waals surface area contributed by atoms with Gasteiger partial charge >= 0.3 is 0 Å². The van der Waals surface area contributed by atoms with Crippen molar-refractivity contribution in [3.63, 3.8) is 0 Å². The summed E-state index contributed by atoms with van der Waals surface area (Å²) >= 11 is 0. The first-order valence-electron chi connectivity index (χ1n) is 3.73. The van der Waals surface area contributed by atoms with Crippen LogP contribution in [0.15, 0.2) is 28.9 Å². The number of carbonyl (C=O) groups is 1. The van der Waals surface area contributed by atoms with Crippen LogP contribution in [0.25, 0.3) is 0 Å². The van der Waals surface area contributed by atoms with Crippen molar-refractivity contribution in [2.24, 2.45) is 4.99 Å². The minimum atomic E-state index is -0.935. The molecule has 3 heteroatoms. The van der Waals surface area contributed by atoms with Gasteiger partial charge in [-0.05, 0) is 13.0 Å². The minimum Gasteiger partial charge on any atom is -0.291 e. The lowest BCUT2D eigenvalue weighted by Gasteiger charge is -1.93. The Balaban J connectivity index is 2.77. The van der Waals surface area contributed by atoms with Gasteiger partial charge in [0, 0.05) is 23.9 Å². The summed E-state index contributed by atoms with van der Waals surface area (Å²) in [6, 6.07) is 0. The third kappa shape index (κ3) is 2.12. The summed E-state index contributed by atoms with van der Waals surface area (Å²) in [4.78, 5) is 14.9. The fourth-order valence-corrected chi connectivity index (χ4v) is 0.907. The highest BCUT2D eigenvalue weighted by molar-refractivity contribution is 6.00. The van der Waals surface area contributed by atoms with Crippen LogP contribution in [0, 0.1) is 0 Å². The molecule has 0 aliphatic carbocycles. The second-order valence-corrected chi connectivity index (χ2v) is 2.60. The van der Waals surface area contributed by atoms with E-state index < -0.39 is 12.5 Å². The van der Waals surface area contributed by atoms with E-state index in [1.165, 1.54) is 6.20 Å². The van der Waals surface area contributed by atoms with Crippen LogP contribution >= 0.6 is 0 Å². The molecule has 0 radical (unpaired) electrons. The van der Waals surface area contributed by atoms with Gasteiger partial charge in [0.25, 0.3) is 0 Å². The number of halogens is 1. The molecule has 0 spiro atoms. The first-order valence-corrected chi connectivity index (χ1v) is 3.73. The van der Waals surface area contributed by atoms with Crippen LogP contribution in [-0.2, 0) is 4.79 Å². The molecule has 0 amide bonds. The van der Waals surface area contributed by atoms with Crippen LogP contribution in [0.3, 0.4) is 0 Å². The summed E-state index contributed by atoms with van der Waals surface area (Å²) in [5.74, 6) is -0.476. The van der Waals surface area contributed by atoms with Crippen LogP contribution in [0.4, 0.5) is 4.39 Å². The van der Waals surface area contributed by atoms with Crippen molar-refractivity contribution in [1.29, 1.82) is 0 Å². The number of aliphatic imine (C=N–C) groups is 1. The van der Waals surface area contributed by atoms with E-state index in [4.69, 9.17) is 0 Å². The summed E-state index contributed by atoms with van der Waals surface area (Å²) in [6.07, 6.45) is 5.39. The monoisotopic (exact) mass is 167 g/mol. The molecule has 12 heavy (non-hydrogen) atoms. The number of rotatable bonds is 2. The Hall–Kier alpha value is -1.25. The number of ketones is 1. The Morgan fingerprint density at radius 3 is 3.17 bits per heavy atom. The first kappa shape index (κ1) is 8.84. The first-order chi connectivity index (χ1) is 5.74. The standard InChI is InChI=1S/C9H10FNO/c1-7-2-3-8(4-5-11-7)9(12)6-10/h3-5H,2,6H2,1H3. The van der Waals surface area contributed by atoms with Gasteiger partial charge in [0.2, 0.25) is 0 Å².